The monoisotopic (exact) mass is 423 g/mol. The van der Waals surface area contributed by atoms with Gasteiger partial charge in [-0.3, -0.25) is 9.59 Å². The van der Waals surface area contributed by atoms with Crippen LogP contribution < -0.4 is 5.32 Å². The lowest BCUT2D eigenvalue weighted by atomic mass is 10.2. The number of hydrogen-bond acceptors (Lipinski definition) is 5. The molecule has 0 bridgehead atoms. The van der Waals surface area contributed by atoms with Crippen LogP contribution in [-0.2, 0) is 9.53 Å². The molecule has 140 valence electrons. The van der Waals surface area contributed by atoms with Crippen LogP contribution in [0.15, 0.2) is 39.3 Å². The summed E-state index contributed by atoms with van der Waals surface area (Å²) in [7, 11) is 0. The molecule has 26 heavy (non-hydrogen) atoms. The highest BCUT2D eigenvalue weighted by Gasteiger charge is 2.19. The molecule has 0 radical (unpaired) electrons. The Kier molecular flexibility index (Phi) is 7.80. The standard InChI is InChI=1S/C18H22BrN3O4/c1-3-25-10-4-9-22(18(24)14-5-7-15(19)8-6-14)12-17(23)20-16-11-13(2)26-21-16/h5-8,11H,3-4,9-10,12H2,1-2H3,(H,20,21,23). The quantitative estimate of drug-likeness (QED) is 0.625. The summed E-state index contributed by atoms with van der Waals surface area (Å²) < 4.78 is 11.1. The number of rotatable bonds is 9. The van der Waals surface area contributed by atoms with Crippen molar-refractivity contribution in [2.24, 2.45) is 0 Å². The molecule has 0 unspecified atom stereocenters. The van der Waals surface area contributed by atoms with E-state index in [2.05, 4.69) is 26.4 Å². The summed E-state index contributed by atoms with van der Waals surface area (Å²) in [6.07, 6.45) is 0.645. The van der Waals surface area contributed by atoms with Crippen LogP contribution in [0.4, 0.5) is 5.82 Å². The van der Waals surface area contributed by atoms with Gasteiger partial charge in [0.05, 0.1) is 0 Å². The van der Waals surface area contributed by atoms with Crippen LogP contribution in [0.2, 0.25) is 0 Å². The van der Waals surface area contributed by atoms with Crippen molar-refractivity contribution in [3.05, 3.63) is 46.1 Å². The number of ether oxygens (including phenoxy) is 1. The number of aryl methyl sites for hydroxylation is 1. The maximum atomic E-state index is 12.8. The molecule has 1 aromatic carbocycles. The lowest BCUT2D eigenvalue weighted by Gasteiger charge is -2.22. The summed E-state index contributed by atoms with van der Waals surface area (Å²) in [6.45, 7) is 5.14. The van der Waals surface area contributed by atoms with Gasteiger partial charge >= 0.3 is 0 Å². The van der Waals surface area contributed by atoms with Gasteiger partial charge in [-0.2, -0.15) is 0 Å². The Bertz CT molecular complexity index is 730. The summed E-state index contributed by atoms with van der Waals surface area (Å²) in [4.78, 5) is 26.6. The number of benzene rings is 1. The Morgan fingerprint density at radius 2 is 2.04 bits per heavy atom. The van der Waals surface area contributed by atoms with Gasteiger partial charge in [0, 0.05) is 35.9 Å². The second-order valence-electron chi connectivity index (χ2n) is 5.66. The van der Waals surface area contributed by atoms with Gasteiger partial charge in [0.25, 0.3) is 5.91 Å². The normalized spacial score (nSPS) is 10.6. The van der Waals surface area contributed by atoms with Crippen molar-refractivity contribution in [2.75, 3.05) is 31.6 Å². The van der Waals surface area contributed by atoms with Gasteiger partial charge in [-0.25, -0.2) is 0 Å². The second-order valence-corrected chi connectivity index (χ2v) is 6.57. The third kappa shape index (κ3) is 6.27. The van der Waals surface area contributed by atoms with Crippen LogP contribution in [0.25, 0.3) is 0 Å². The molecule has 0 aliphatic rings. The lowest BCUT2D eigenvalue weighted by molar-refractivity contribution is -0.117. The Morgan fingerprint density at radius 1 is 1.31 bits per heavy atom. The highest BCUT2D eigenvalue weighted by Crippen LogP contribution is 2.13. The van der Waals surface area contributed by atoms with E-state index in [1.54, 1.807) is 37.3 Å². The molecule has 2 aromatic rings. The first kappa shape index (κ1) is 20.1. The maximum Gasteiger partial charge on any atom is 0.254 e. The summed E-state index contributed by atoms with van der Waals surface area (Å²) in [5.41, 5.74) is 0.523. The van der Waals surface area contributed by atoms with Gasteiger partial charge in [-0.15, -0.1) is 0 Å². The van der Waals surface area contributed by atoms with Gasteiger partial charge in [-0.1, -0.05) is 21.1 Å². The summed E-state index contributed by atoms with van der Waals surface area (Å²) in [5.74, 6) is 0.387. The predicted octanol–water partition coefficient (Wildman–Crippen LogP) is 3.25. The number of nitrogens with zero attached hydrogens (tertiary/aromatic N) is 2. The fourth-order valence-corrected chi connectivity index (χ4v) is 2.57. The first-order valence-electron chi connectivity index (χ1n) is 8.35. The van der Waals surface area contributed by atoms with Gasteiger partial charge < -0.3 is 19.5 Å². The molecule has 1 aromatic heterocycles. The number of halogens is 1. The van der Waals surface area contributed by atoms with E-state index in [1.165, 1.54) is 4.90 Å². The number of aromatic nitrogens is 1. The minimum Gasteiger partial charge on any atom is -0.382 e. The molecule has 0 aliphatic carbocycles. The van der Waals surface area contributed by atoms with Crippen LogP contribution in [0.5, 0.6) is 0 Å². The molecule has 0 saturated heterocycles. The molecule has 0 fully saturated rings. The number of carbonyl (C=O) groups excluding carboxylic acids is 2. The summed E-state index contributed by atoms with van der Waals surface area (Å²) >= 11 is 3.35. The van der Waals surface area contributed by atoms with Crippen molar-refractivity contribution in [3.63, 3.8) is 0 Å². The molecular formula is C18H22BrN3O4. The highest BCUT2D eigenvalue weighted by molar-refractivity contribution is 9.10. The van der Waals surface area contributed by atoms with Crippen molar-refractivity contribution in [2.45, 2.75) is 20.3 Å². The van der Waals surface area contributed by atoms with E-state index >= 15 is 0 Å². The van der Waals surface area contributed by atoms with Crippen molar-refractivity contribution in [1.82, 2.24) is 10.1 Å². The van der Waals surface area contributed by atoms with Crippen LogP contribution in [-0.4, -0.2) is 48.2 Å². The number of anilines is 1. The average Bonchev–Trinajstić information content (AvgIpc) is 3.02. The summed E-state index contributed by atoms with van der Waals surface area (Å²) in [6, 6.07) is 8.66. The minimum absolute atomic E-state index is 0.0765. The van der Waals surface area contributed by atoms with E-state index in [0.717, 1.165) is 4.47 Å². The van der Waals surface area contributed by atoms with Gasteiger partial charge in [0.15, 0.2) is 5.82 Å². The van der Waals surface area contributed by atoms with Crippen LogP contribution in [0.3, 0.4) is 0 Å². The molecule has 0 aliphatic heterocycles. The third-order valence-corrected chi connectivity index (χ3v) is 4.06. The van der Waals surface area contributed by atoms with E-state index in [4.69, 9.17) is 9.26 Å². The number of hydrogen-bond donors (Lipinski definition) is 1. The Balaban J connectivity index is 2.02. The smallest absolute Gasteiger partial charge is 0.254 e. The molecule has 0 saturated carbocycles. The number of carbonyl (C=O) groups is 2. The molecule has 1 heterocycles. The Labute approximate surface area is 160 Å². The molecule has 2 amide bonds. The van der Waals surface area contributed by atoms with E-state index in [0.29, 0.717) is 43.3 Å². The highest BCUT2D eigenvalue weighted by atomic mass is 79.9. The van der Waals surface area contributed by atoms with Crippen molar-refractivity contribution < 1.29 is 18.8 Å². The largest absolute Gasteiger partial charge is 0.382 e. The zero-order valence-electron chi connectivity index (χ0n) is 14.8. The van der Waals surface area contributed by atoms with Crippen molar-refractivity contribution in [3.8, 4) is 0 Å². The zero-order chi connectivity index (χ0) is 18.9. The Hall–Kier alpha value is -2.19. The second kappa shape index (κ2) is 10.1. The van der Waals surface area contributed by atoms with E-state index in [9.17, 15) is 9.59 Å². The molecular weight excluding hydrogens is 402 g/mol. The zero-order valence-corrected chi connectivity index (χ0v) is 16.4. The molecule has 7 nitrogen and oxygen atoms in total. The molecule has 0 spiro atoms. The van der Waals surface area contributed by atoms with Crippen molar-refractivity contribution >= 4 is 33.6 Å². The molecule has 0 atom stereocenters. The first-order chi connectivity index (χ1) is 12.5. The molecule has 8 heteroatoms. The first-order valence-corrected chi connectivity index (χ1v) is 9.14. The predicted molar refractivity (Wildman–Crippen MR) is 101 cm³/mol. The number of amides is 2. The van der Waals surface area contributed by atoms with E-state index in [-0.39, 0.29) is 18.4 Å². The SMILES string of the molecule is CCOCCCN(CC(=O)Nc1cc(C)on1)C(=O)c1ccc(Br)cc1. The molecule has 2 rings (SSSR count). The maximum absolute atomic E-state index is 12.8. The number of nitrogens with one attached hydrogen (secondary N) is 1. The van der Waals surface area contributed by atoms with Crippen molar-refractivity contribution in [1.29, 1.82) is 0 Å². The van der Waals surface area contributed by atoms with Crippen LogP contribution in [0, 0.1) is 6.92 Å². The van der Waals surface area contributed by atoms with Crippen LogP contribution in [0.1, 0.15) is 29.5 Å². The topological polar surface area (TPSA) is 84.7 Å². The fourth-order valence-electron chi connectivity index (χ4n) is 2.31. The third-order valence-electron chi connectivity index (χ3n) is 3.53. The van der Waals surface area contributed by atoms with E-state index < -0.39 is 0 Å². The lowest BCUT2D eigenvalue weighted by Crippen LogP contribution is -2.39. The van der Waals surface area contributed by atoms with Gasteiger partial charge in [-0.05, 0) is 44.5 Å². The van der Waals surface area contributed by atoms with Crippen LogP contribution >= 0.6 is 15.9 Å². The van der Waals surface area contributed by atoms with Gasteiger partial charge in [0.2, 0.25) is 5.91 Å². The Morgan fingerprint density at radius 3 is 2.65 bits per heavy atom. The average molecular weight is 424 g/mol. The van der Waals surface area contributed by atoms with E-state index in [1.807, 2.05) is 6.92 Å². The van der Waals surface area contributed by atoms with Gasteiger partial charge in [0.1, 0.15) is 12.3 Å². The summed E-state index contributed by atoms with van der Waals surface area (Å²) in [5, 5.41) is 6.36. The fraction of sp³-hybridized carbons (Fsp3) is 0.389. The molecule has 1 N–H and O–H groups in total. The minimum atomic E-state index is -0.333.